The number of pyridine rings is 1. The van der Waals surface area contributed by atoms with Crippen molar-refractivity contribution in [1.29, 1.82) is 0 Å². The Kier molecular flexibility index (Phi) is 6.00. The minimum atomic E-state index is -0.403. The van der Waals surface area contributed by atoms with Gasteiger partial charge in [-0.25, -0.2) is 10.8 Å². The minimum absolute atomic E-state index is 0.0218. The molecule has 1 atom stereocenters. The third kappa shape index (κ3) is 4.15. The molecular formula is C20H26N6O3. The Bertz CT molecular complexity index is 930. The van der Waals surface area contributed by atoms with Gasteiger partial charge >= 0.3 is 0 Å². The van der Waals surface area contributed by atoms with Gasteiger partial charge in [0.1, 0.15) is 17.3 Å². The molecule has 0 aliphatic carbocycles. The summed E-state index contributed by atoms with van der Waals surface area (Å²) in [6, 6.07) is 10.3. The maximum absolute atomic E-state index is 13.0. The van der Waals surface area contributed by atoms with Crippen LogP contribution in [0.4, 0.5) is 5.82 Å². The van der Waals surface area contributed by atoms with E-state index >= 15 is 0 Å². The molecule has 1 amide bonds. The number of aliphatic hydroxyl groups excluding tert-OH is 1. The molecule has 0 saturated heterocycles. The molecule has 154 valence electrons. The van der Waals surface area contributed by atoms with E-state index in [2.05, 4.69) is 10.1 Å². The number of hydrazine groups is 1. The van der Waals surface area contributed by atoms with Crippen molar-refractivity contribution < 1.29 is 14.6 Å². The Morgan fingerprint density at radius 1 is 1.34 bits per heavy atom. The number of amides is 1. The number of hydrazone groups is 1. The number of fused-ring (bicyclic) bond motifs is 1. The number of hydrogen-bond acceptors (Lipinski definition) is 7. The Morgan fingerprint density at radius 3 is 2.76 bits per heavy atom. The molecule has 0 radical (unpaired) electrons. The Balaban J connectivity index is 1.88. The van der Waals surface area contributed by atoms with E-state index in [1.165, 1.54) is 5.01 Å². The van der Waals surface area contributed by atoms with Crippen molar-refractivity contribution in [1.82, 2.24) is 9.99 Å². The monoisotopic (exact) mass is 398 g/mol. The first-order valence-corrected chi connectivity index (χ1v) is 9.37. The van der Waals surface area contributed by atoms with Crippen LogP contribution in [0.1, 0.15) is 42.4 Å². The second-order valence-corrected chi connectivity index (χ2v) is 7.15. The Morgan fingerprint density at radius 2 is 2.10 bits per heavy atom. The molecule has 1 unspecified atom stereocenters. The average molecular weight is 398 g/mol. The van der Waals surface area contributed by atoms with E-state index in [9.17, 15) is 9.90 Å². The van der Waals surface area contributed by atoms with Crippen LogP contribution in [0.2, 0.25) is 0 Å². The Labute approximate surface area is 169 Å². The van der Waals surface area contributed by atoms with Gasteiger partial charge < -0.3 is 15.7 Å². The number of nitrogens with two attached hydrogens (primary N) is 2. The van der Waals surface area contributed by atoms with Crippen molar-refractivity contribution in [3.05, 3.63) is 53.2 Å². The predicted octanol–water partition coefficient (Wildman–Crippen LogP) is 1.21. The highest BCUT2D eigenvalue weighted by Crippen LogP contribution is 2.30. The zero-order valence-electron chi connectivity index (χ0n) is 16.7. The molecule has 29 heavy (non-hydrogen) atoms. The fourth-order valence-corrected chi connectivity index (χ4v) is 3.07. The number of amidine groups is 1. The standard InChI is InChI=1S/C20H26N6O3/c1-12(2)29-15-8-7-14-10-25(20(28)16(14)9-15)18-6-4-5-17(23-18)19(24-21)26(22)13(3)11-27/h4-9,12-13,27H,10-11,21-22H2,1-3H3/b24-19-. The van der Waals surface area contributed by atoms with Crippen LogP contribution >= 0.6 is 0 Å². The molecule has 0 bridgehead atoms. The van der Waals surface area contributed by atoms with Gasteiger partial charge in [-0.3, -0.25) is 14.7 Å². The van der Waals surface area contributed by atoms with Gasteiger partial charge in [-0.2, -0.15) is 5.10 Å². The second kappa shape index (κ2) is 8.46. The van der Waals surface area contributed by atoms with Crippen molar-refractivity contribution in [3.63, 3.8) is 0 Å². The third-order valence-electron chi connectivity index (χ3n) is 4.60. The van der Waals surface area contributed by atoms with Crippen LogP contribution in [0.25, 0.3) is 0 Å². The summed E-state index contributed by atoms with van der Waals surface area (Å²) in [6.07, 6.45) is 0.0218. The topological polar surface area (TPSA) is 130 Å². The molecule has 9 heteroatoms. The van der Waals surface area contributed by atoms with E-state index in [0.717, 1.165) is 5.56 Å². The largest absolute Gasteiger partial charge is 0.491 e. The van der Waals surface area contributed by atoms with E-state index in [1.807, 2.05) is 26.0 Å². The first-order chi connectivity index (χ1) is 13.8. The first kappa shape index (κ1) is 20.6. The summed E-state index contributed by atoms with van der Waals surface area (Å²) >= 11 is 0. The van der Waals surface area contributed by atoms with Gasteiger partial charge in [-0.15, -0.1) is 0 Å². The summed E-state index contributed by atoms with van der Waals surface area (Å²) < 4.78 is 5.70. The van der Waals surface area contributed by atoms with Gasteiger partial charge in [-0.1, -0.05) is 12.1 Å². The summed E-state index contributed by atoms with van der Waals surface area (Å²) in [5, 5.41) is 14.3. The number of carbonyl (C=O) groups is 1. The van der Waals surface area contributed by atoms with Crippen LogP contribution in [0.15, 0.2) is 41.5 Å². The Hall–Kier alpha value is -3.17. The molecule has 1 aromatic carbocycles. The molecule has 3 rings (SSSR count). The van der Waals surface area contributed by atoms with Gasteiger partial charge in [0.25, 0.3) is 5.91 Å². The molecule has 9 nitrogen and oxygen atoms in total. The molecular weight excluding hydrogens is 372 g/mol. The fraction of sp³-hybridized carbons (Fsp3) is 0.350. The van der Waals surface area contributed by atoms with Crippen molar-refractivity contribution in [2.24, 2.45) is 16.8 Å². The highest BCUT2D eigenvalue weighted by atomic mass is 16.5. The first-order valence-electron chi connectivity index (χ1n) is 9.37. The van der Waals surface area contributed by atoms with Crippen LogP contribution in [0.5, 0.6) is 5.75 Å². The number of benzene rings is 1. The summed E-state index contributed by atoms with van der Waals surface area (Å²) in [5.74, 6) is 12.7. The SMILES string of the molecule is CC(C)Oc1ccc2c(c1)C(=O)N(c1cccc(/C(=N/N)N(N)C(C)CO)n1)C2. The number of nitrogens with zero attached hydrogens (tertiary/aromatic N) is 4. The van der Waals surface area contributed by atoms with Crippen molar-refractivity contribution in [2.75, 3.05) is 11.5 Å². The smallest absolute Gasteiger partial charge is 0.260 e. The molecule has 1 aromatic heterocycles. The van der Waals surface area contributed by atoms with Crippen molar-refractivity contribution in [2.45, 2.75) is 39.5 Å². The zero-order valence-corrected chi connectivity index (χ0v) is 16.7. The highest BCUT2D eigenvalue weighted by Gasteiger charge is 2.30. The molecule has 0 spiro atoms. The molecule has 0 fully saturated rings. The van der Waals surface area contributed by atoms with Gasteiger partial charge in [-0.05, 0) is 50.6 Å². The third-order valence-corrected chi connectivity index (χ3v) is 4.60. The van der Waals surface area contributed by atoms with Crippen LogP contribution < -0.4 is 21.3 Å². The lowest BCUT2D eigenvalue weighted by Crippen LogP contribution is -2.47. The summed E-state index contributed by atoms with van der Waals surface area (Å²) in [5.41, 5.74) is 1.90. The zero-order chi connectivity index (χ0) is 21.1. The van der Waals surface area contributed by atoms with Gasteiger partial charge in [0.05, 0.1) is 25.3 Å². The number of anilines is 1. The van der Waals surface area contributed by atoms with Crippen LogP contribution in [0.3, 0.4) is 0 Å². The number of aliphatic hydroxyl groups is 1. The summed E-state index contributed by atoms with van der Waals surface area (Å²) in [7, 11) is 0. The van der Waals surface area contributed by atoms with Crippen LogP contribution in [0, 0.1) is 0 Å². The van der Waals surface area contributed by atoms with Gasteiger partial charge in [0.2, 0.25) is 0 Å². The lowest BCUT2D eigenvalue weighted by molar-refractivity contribution is 0.0995. The van der Waals surface area contributed by atoms with E-state index in [-0.39, 0.29) is 24.5 Å². The maximum Gasteiger partial charge on any atom is 0.260 e. The number of ether oxygens (including phenoxy) is 1. The number of aromatic nitrogens is 1. The highest BCUT2D eigenvalue weighted by molar-refractivity contribution is 6.10. The van der Waals surface area contributed by atoms with E-state index < -0.39 is 6.04 Å². The number of carbonyl (C=O) groups excluding carboxylic acids is 1. The molecule has 2 aromatic rings. The lowest BCUT2D eigenvalue weighted by atomic mass is 10.1. The fourth-order valence-electron chi connectivity index (χ4n) is 3.07. The summed E-state index contributed by atoms with van der Waals surface area (Å²) in [4.78, 5) is 19.1. The van der Waals surface area contributed by atoms with E-state index in [1.54, 1.807) is 36.1 Å². The number of hydrogen-bond donors (Lipinski definition) is 3. The predicted molar refractivity (Wildman–Crippen MR) is 110 cm³/mol. The normalized spacial score (nSPS) is 14.9. The molecule has 2 heterocycles. The van der Waals surface area contributed by atoms with E-state index in [4.69, 9.17) is 16.4 Å². The molecule has 5 N–H and O–H groups in total. The quantitative estimate of drug-likeness (QED) is 0.288. The number of rotatable bonds is 6. The summed E-state index contributed by atoms with van der Waals surface area (Å²) in [6.45, 7) is 5.83. The average Bonchev–Trinajstić information content (AvgIpc) is 3.04. The maximum atomic E-state index is 13.0. The molecule has 0 saturated carbocycles. The lowest BCUT2D eigenvalue weighted by Gasteiger charge is -2.25. The van der Waals surface area contributed by atoms with Crippen LogP contribution in [-0.4, -0.2) is 45.6 Å². The molecule has 1 aliphatic heterocycles. The van der Waals surface area contributed by atoms with Crippen molar-refractivity contribution >= 4 is 17.6 Å². The minimum Gasteiger partial charge on any atom is -0.491 e. The van der Waals surface area contributed by atoms with E-state index in [0.29, 0.717) is 29.4 Å². The van der Waals surface area contributed by atoms with Gasteiger partial charge in [0, 0.05) is 5.56 Å². The second-order valence-electron chi connectivity index (χ2n) is 7.15. The van der Waals surface area contributed by atoms with Crippen LogP contribution in [-0.2, 0) is 6.54 Å². The van der Waals surface area contributed by atoms with Gasteiger partial charge in [0.15, 0.2) is 5.84 Å². The molecule has 1 aliphatic rings. The van der Waals surface area contributed by atoms with Crippen molar-refractivity contribution in [3.8, 4) is 5.75 Å².